The summed E-state index contributed by atoms with van der Waals surface area (Å²) in [6, 6.07) is 13.1. The number of aryl methyl sites for hydroxylation is 2. The molecule has 2 aromatic rings. The van der Waals surface area contributed by atoms with Gasteiger partial charge in [-0.3, -0.25) is 9.59 Å². The minimum Gasteiger partial charge on any atom is -0.493 e. The Morgan fingerprint density at radius 3 is 2.70 bits per heavy atom. The normalized spacial score (nSPS) is 10.3. The Balaban J connectivity index is 1.66. The lowest BCUT2D eigenvalue weighted by Gasteiger charge is -2.10. The molecule has 0 radical (unpaired) electrons. The maximum absolute atomic E-state index is 12.0. The summed E-state index contributed by atoms with van der Waals surface area (Å²) in [7, 11) is 1.58. The van der Waals surface area contributed by atoms with Gasteiger partial charge < -0.3 is 15.4 Å². The second-order valence-electron chi connectivity index (χ2n) is 6.23. The van der Waals surface area contributed by atoms with E-state index in [9.17, 15) is 9.59 Å². The van der Waals surface area contributed by atoms with Crippen molar-refractivity contribution in [3.05, 3.63) is 59.2 Å². The van der Waals surface area contributed by atoms with Crippen LogP contribution in [0.4, 0.5) is 5.69 Å². The van der Waals surface area contributed by atoms with Crippen molar-refractivity contribution in [1.29, 1.82) is 0 Å². The smallest absolute Gasteiger partial charge is 0.251 e. The van der Waals surface area contributed by atoms with E-state index in [-0.39, 0.29) is 11.8 Å². The van der Waals surface area contributed by atoms with Crippen molar-refractivity contribution in [3.63, 3.8) is 0 Å². The molecule has 0 aliphatic carbocycles. The van der Waals surface area contributed by atoms with Gasteiger partial charge in [0.15, 0.2) is 0 Å². The van der Waals surface area contributed by atoms with Crippen LogP contribution < -0.4 is 15.4 Å². The summed E-state index contributed by atoms with van der Waals surface area (Å²) in [5.74, 6) is 1.88. The predicted octanol–water partition coefficient (Wildman–Crippen LogP) is 3.80. The van der Waals surface area contributed by atoms with Crippen LogP contribution in [0.2, 0.25) is 0 Å². The van der Waals surface area contributed by atoms with E-state index in [2.05, 4.69) is 22.8 Å². The summed E-state index contributed by atoms with van der Waals surface area (Å²) in [5.41, 5.74) is 3.46. The zero-order valence-electron chi connectivity index (χ0n) is 16.0. The topological polar surface area (TPSA) is 67.4 Å². The number of hydrogen-bond donors (Lipinski definition) is 2. The molecule has 0 saturated carbocycles. The molecule has 2 rings (SSSR count). The summed E-state index contributed by atoms with van der Waals surface area (Å²) in [4.78, 5) is 23.7. The zero-order valence-corrected chi connectivity index (χ0v) is 16.8. The number of anilines is 1. The van der Waals surface area contributed by atoms with Crippen molar-refractivity contribution >= 4 is 29.3 Å². The van der Waals surface area contributed by atoms with Crippen molar-refractivity contribution in [3.8, 4) is 5.75 Å². The average molecular weight is 387 g/mol. The molecule has 6 heteroatoms. The Morgan fingerprint density at radius 2 is 1.93 bits per heavy atom. The van der Waals surface area contributed by atoms with Crippen LogP contribution in [0.1, 0.15) is 27.9 Å². The third-order valence-electron chi connectivity index (χ3n) is 3.90. The summed E-state index contributed by atoms with van der Waals surface area (Å²) in [5, 5.41) is 5.39. The number of hydrogen-bond acceptors (Lipinski definition) is 4. The number of ether oxygens (including phenoxy) is 1. The number of carbonyl (C=O) groups excluding carboxylic acids is 2. The standard InChI is InChI=1S/C21H26N2O3S/c1-15-8-9-16(2)19(12-15)26-10-5-11-27-14-20(24)23-18-7-4-6-17(13-18)21(25)22-3/h4,6-9,12-13H,5,10-11,14H2,1-3H3,(H,22,25)(H,23,24). The maximum Gasteiger partial charge on any atom is 0.251 e. The Bertz CT molecular complexity index is 793. The van der Waals surface area contributed by atoms with Gasteiger partial charge in [0, 0.05) is 18.3 Å². The van der Waals surface area contributed by atoms with Crippen LogP contribution in [0.3, 0.4) is 0 Å². The molecule has 0 aromatic heterocycles. The van der Waals surface area contributed by atoms with Crippen LogP contribution in [-0.2, 0) is 4.79 Å². The van der Waals surface area contributed by atoms with E-state index >= 15 is 0 Å². The highest BCUT2D eigenvalue weighted by molar-refractivity contribution is 7.99. The molecule has 0 fully saturated rings. The average Bonchev–Trinajstić information content (AvgIpc) is 2.66. The number of benzene rings is 2. The molecule has 0 aliphatic rings. The van der Waals surface area contributed by atoms with Crippen LogP contribution in [0, 0.1) is 13.8 Å². The SMILES string of the molecule is CNC(=O)c1cccc(NC(=O)CSCCCOc2cc(C)ccc2C)c1. The Labute approximate surface area is 164 Å². The van der Waals surface area contributed by atoms with Crippen LogP contribution in [0.25, 0.3) is 0 Å². The van der Waals surface area contributed by atoms with Gasteiger partial charge in [0.25, 0.3) is 5.91 Å². The molecule has 0 atom stereocenters. The molecule has 0 heterocycles. The molecule has 0 unspecified atom stereocenters. The van der Waals surface area contributed by atoms with E-state index in [0.717, 1.165) is 23.5 Å². The van der Waals surface area contributed by atoms with Gasteiger partial charge in [0.2, 0.25) is 5.91 Å². The first-order chi connectivity index (χ1) is 13.0. The fourth-order valence-corrected chi connectivity index (χ4v) is 3.17. The highest BCUT2D eigenvalue weighted by Crippen LogP contribution is 2.19. The molecule has 2 N–H and O–H groups in total. The van der Waals surface area contributed by atoms with Crippen LogP contribution >= 0.6 is 11.8 Å². The van der Waals surface area contributed by atoms with Gasteiger partial charge in [-0.1, -0.05) is 18.2 Å². The number of carbonyl (C=O) groups is 2. The number of rotatable bonds is 9. The van der Waals surface area contributed by atoms with Crippen LogP contribution in [-0.4, -0.2) is 37.0 Å². The third kappa shape index (κ3) is 6.98. The van der Waals surface area contributed by atoms with E-state index in [1.807, 2.05) is 19.9 Å². The second-order valence-corrected chi connectivity index (χ2v) is 7.34. The van der Waals surface area contributed by atoms with Crippen LogP contribution in [0.5, 0.6) is 5.75 Å². The second kappa shape index (κ2) is 10.6. The van der Waals surface area contributed by atoms with Gasteiger partial charge in [0.1, 0.15) is 5.75 Å². The highest BCUT2D eigenvalue weighted by Gasteiger charge is 2.07. The lowest BCUT2D eigenvalue weighted by molar-refractivity contribution is -0.113. The summed E-state index contributed by atoms with van der Waals surface area (Å²) in [6.07, 6.45) is 0.873. The Hall–Kier alpha value is -2.47. The van der Waals surface area contributed by atoms with E-state index in [1.54, 1.807) is 43.1 Å². The predicted molar refractivity (Wildman–Crippen MR) is 112 cm³/mol. The fraction of sp³-hybridized carbons (Fsp3) is 0.333. The van der Waals surface area contributed by atoms with E-state index in [1.165, 1.54) is 5.56 Å². The molecular formula is C21H26N2O3S. The molecule has 0 saturated heterocycles. The summed E-state index contributed by atoms with van der Waals surface area (Å²) in [6.45, 7) is 4.71. The fourth-order valence-electron chi connectivity index (χ4n) is 2.45. The number of nitrogens with one attached hydrogen (secondary N) is 2. The van der Waals surface area contributed by atoms with Gasteiger partial charge in [0.05, 0.1) is 12.4 Å². The van der Waals surface area contributed by atoms with Gasteiger partial charge >= 0.3 is 0 Å². The first-order valence-electron chi connectivity index (χ1n) is 8.89. The molecular weight excluding hydrogens is 360 g/mol. The Kier molecular flexibility index (Phi) is 8.20. The molecule has 27 heavy (non-hydrogen) atoms. The Morgan fingerprint density at radius 1 is 1.11 bits per heavy atom. The lowest BCUT2D eigenvalue weighted by atomic mass is 10.1. The molecule has 5 nitrogen and oxygen atoms in total. The third-order valence-corrected chi connectivity index (χ3v) is 4.95. The molecule has 2 aromatic carbocycles. The van der Waals surface area contributed by atoms with E-state index in [4.69, 9.17) is 4.74 Å². The zero-order chi connectivity index (χ0) is 19.6. The van der Waals surface area contributed by atoms with Crippen molar-refractivity contribution in [2.45, 2.75) is 20.3 Å². The van der Waals surface area contributed by atoms with E-state index < -0.39 is 0 Å². The minimum absolute atomic E-state index is 0.0792. The molecule has 144 valence electrons. The molecule has 2 amide bonds. The summed E-state index contributed by atoms with van der Waals surface area (Å²) >= 11 is 1.57. The van der Waals surface area contributed by atoms with Crippen molar-refractivity contribution < 1.29 is 14.3 Å². The first kappa shape index (κ1) is 20.8. The van der Waals surface area contributed by atoms with Gasteiger partial charge in [-0.25, -0.2) is 0 Å². The largest absolute Gasteiger partial charge is 0.493 e. The van der Waals surface area contributed by atoms with E-state index in [0.29, 0.717) is 23.6 Å². The maximum atomic E-state index is 12.0. The van der Waals surface area contributed by atoms with Crippen molar-refractivity contribution in [2.24, 2.45) is 0 Å². The van der Waals surface area contributed by atoms with Crippen LogP contribution in [0.15, 0.2) is 42.5 Å². The minimum atomic E-state index is -0.177. The molecule has 0 aliphatic heterocycles. The summed E-state index contributed by atoms with van der Waals surface area (Å²) < 4.78 is 5.81. The lowest BCUT2D eigenvalue weighted by Crippen LogP contribution is -2.19. The van der Waals surface area contributed by atoms with Crippen molar-refractivity contribution in [2.75, 3.05) is 30.5 Å². The van der Waals surface area contributed by atoms with Gasteiger partial charge in [-0.15, -0.1) is 0 Å². The quantitative estimate of drug-likeness (QED) is 0.643. The molecule has 0 spiro atoms. The van der Waals surface area contributed by atoms with Gasteiger partial charge in [-0.2, -0.15) is 11.8 Å². The first-order valence-corrected chi connectivity index (χ1v) is 10.0. The van der Waals surface area contributed by atoms with Gasteiger partial charge in [-0.05, 0) is 61.4 Å². The number of thioether (sulfide) groups is 1. The monoisotopic (exact) mass is 386 g/mol. The highest BCUT2D eigenvalue weighted by atomic mass is 32.2. The molecule has 0 bridgehead atoms. The number of amides is 2. The van der Waals surface area contributed by atoms with Crippen molar-refractivity contribution in [1.82, 2.24) is 5.32 Å².